The first kappa shape index (κ1) is 16.0. The highest BCUT2D eigenvalue weighted by Crippen LogP contribution is 2.42. The van der Waals surface area contributed by atoms with Crippen molar-refractivity contribution in [1.29, 1.82) is 0 Å². The van der Waals surface area contributed by atoms with Crippen molar-refractivity contribution >= 4 is 11.9 Å². The summed E-state index contributed by atoms with van der Waals surface area (Å²) < 4.78 is 5.61. The molecule has 5 heteroatoms. The molecule has 0 aromatic heterocycles. The molecule has 0 aliphatic heterocycles. The maximum Gasteiger partial charge on any atom is 0.303 e. The molecule has 0 saturated heterocycles. The van der Waals surface area contributed by atoms with Gasteiger partial charge in [-0.05, 0) is 19.3 Å². The number of nitrogens with one attached hydrogen (secondary N) is 1. The first-order chi connectivity index (χ1) is 8.77. The number of hydrogen-bond acceptors (Lipinski definition) is 3. The third kappa shape index (κ3) is 4.20. The normalized spacial score (nSPS) is 26.3. The molecule has 3 unspecified atom stereocenters. The quantitative estimate of drug-likeness (QED) is 0.740. The van der Waals surface area contributed by atoms with Crippen LogP contribution < -0.4 is 5.32 Å². The van der Waals surface area contributed by atoms with E-state index >= 15 is 0 Å². The molecule has 1 amide bonds. The van der Waals surface area contributed by atoms with E-state index in [9.17, 15) is 9.59 Å². The van der Waals surface area contributed by atoms with Crippen molar-refractivity contribution in [3.05, 3.63) is 0 Å². The van der Waals surface area contributed by atoms with E-state index in [0.29, 0.717) is 6.61 Å². The van der Waals surface area contributed by atoms with E-state index in [1.54, 1.807) is 6.92 Å². The lowest BCUT2D eigenvalue weighted by atomic mass is 9.64. The van der Waals surface area contributed by atoms with Gasteiger partial charge in [0, 0.05) is 30.9 Å². The summed E-state index contributed by atoms with van der Waals surface area (Å²) in [4.78, 5) is 22.4. The predicted molar refractivity (Wildman–Crippen MR) is 71.8 cm³/mol. The molecule has 0 spiro atoms. The Bertz CT molecular complexity index is 340. The van der Waals surface area contributed by atoms with Gasteiger partial charge in [0.05, 0.1) is 6.10 Å². The van der Waals surface area contributed by atoms with Crippen LogP contribution in [0, 0.1) is 11.3 Å². The van der Waals surface area contributed by atoms with E-state index < -0.39 is 5.97 Å². The van der Waals surface area contributed by atoms with Crippen LogP contribution in [0.25, 0.3) is 0 Å². The second kappa shape index (κ2) is 6.37. The highest BCUT2D eigenvalue weighted by molar-refractivity contribution is 5.77. The Labute approximate surface area is 114 Å². The lowest BCUT2D eigenvalue weighted by Gasteiger charge is -2.51. The van der Waals surface area contributed by atoms with Crippen LogP contribution in [0.15, 0.2) is 0 Å². The molecule has 19 heavy (non-hydrogen) atoms. The monoisotopic (exact) mass is 271 g/mol. The Kier molecular flexibility index (Phi) is 5.35. The number of carboxylic acid groups (broad SMARTS) is 1. The highest BCUT2D eigenvalue weighted by atomic mass is 16.5. The van der Waals surface area contributed by atoms with Gasteiger partial charge in [-0.2, -0.15) is 0 Å². The summed E-state index contributed by atoms with van der Waals surface area (Å²) >= 11 is 0. The van der Waals surface area contributed by atoms with Gasteiger partial charge in [-0.3, -0.25) is 9.59 Å². The first-order valence-corrected chi connectivity index (χ1v) is 6.90. The van der Waals surface area contributed by atoms with Crippen LogP contribution in [-0.2, 0) is 14.3 Å². The van der Waals surface area contributed by atoms with Crippen LogP contribution in [0.4, 0.5) is 0 Å². The summed E-state index contributed by atoms with van der Waals surface area (Å²) in [5.74, 6) is -1.06. The molecule has 0 radical (unpaired) electrons. The van der Waals surface area contributed by atoms with Crippen molar-refractivity contribution in [2.45, 2.75) is 59.1 Å². The van der Waals surface area contributed by atoms with Gasteiger partial charge in [0.25, 0.3) is 0 Å². The predicted octanol–water partition coefficient (Wildman–Crippen LogP) is 1.81. The van der Waals surface area contributed by atoms with Gasteiger partial charge < -0.3 is 15.2 Å². The van der Waals surface area contributed by atoms with E-state index in [4.69, 9.17) is 9.84 Å². The summed E-state index contributed by atoms with van der Waals surface area (Å²) in [6.45, 7) is 8.60. The highest BCUT2D eigenvalue weighted by Gasteiger charge is 2.49. The molecule has 1 aliphatic carbocycles. The largest absolute Gasteiger partial charge is 0.481 e. The lowest BCUT2D eigenvalue weighted by Crippen LogP contribution is -2.62. The Morgan fingerprint density at radius 2 is 2.05 bits per heavy atom. The number of hydrogen-bond donors (Lipinski definition) is 2. The van der Waals surface area contributed by atoms with Gasteiger partial charge in [0.1, 0.15) is 0 Å². The number of rotatable bonds is 7. The Hall–Kier alpha value is -1.10. The van der Waals surface area contributed by atoms with E-state index in [2.05, 4.69) is 19.2 Å². The Morgan fingerprint density at radius 3 is 2.53 bits per heavy atom. The van der Waals surface area contributed by atoms with Crippen molar-refractivity contribution in [3.63, 3.8) is 0 Å². The molecular weight excluding hydrogens is 246 g/mol. The number of amides is 1. The van der Waals surface area contributed by atoms with E-state index in [1.807, 2.05) is 6.92 Å². The SMILES string of the molecule is CCOC1CC(NC(=O)CC(C)CC(=O)O)C1(C)C. The van der Waals surface area contributed by atoms with Gasteiger partial charge in [0.15, 0.2) is 0 Å². The van der Waals surface area contributed by atoms with Crippen LogP contribution >= 0.6 is 0 Å². The van der Waals surface area contributed by atoms with E-state index in [1.165, 1.54) is 0 Å². The third-order valence-electron chi connectivity index (χ3n) is 3.94. The minimum Gasteiger partial charge on any atom is -0.481 e. The van der Waals surface area contributed by atoms with Gasteiger partial charge in [-0.15, -0.1) is 0 Å². The van der Waals surface area contributed by atoms with Crippen LogP contribution in [0.3, 0.4) is 0 Å². The smallest absolute Gasteiger partial charge is 0.303 e. The van der Waals surface area contributed by atoms with E-state index in [-0.39, 0.29) is 42.2 Å². The maximum atomic E-state index is 11.8. The molecule has 1 rings (SSSR count). The number of aliphatic carboxylic acids is 1. The molecule has 1 fully saturated rings. The zero-order valence-corrected chi connectivity index (χ0v) is 12.2. The second-order valence-electron chi connectivity index (χ2n) is 6.03. The van der Waals surface area contributed by atoms with Crippen LogP contribution in [0.1, 0.15) is 47.0 Å². The zero-order chi connectivity index (χ0) is 14.6. The molecular formula is C14H25NO4. The maximum absolute atomic E-state index is 11.8. The molecule has 5 nitrogen and oxygen atoms in total. The fourth-order valence-corrected chi connectivity index (χ4v) is 2.55. The van der Waals surface area contributed by atoms with Gasteiger partial charge in [0.2, 0.25) is 5.91 Å². The molecule has 110 valence electrons. The number of ether oxygens (including phenoxy) is 1. The summed E-state index contributed by atoms with van der Waals surface area (Å²) in [7, 11) is 0. The van der Waals surface area contributed by atoms with Gasteiger partial charge in [-0.1, -0.05) is 20.8 Å². The number of carbonyl (C=O) groups excluding carboxylic acids is 1. The number of carboxylic acids is 1. The first-order valence-electron chi connectivity index (χ1n) is 6.90. The van der Waals surface area contributed by atoms with Crippen LogP contribution in [0.2, 0.25) is 0 Å². The van der Waals surface area contributed by atoms with E-state index in [0.717, 1.165) is 6.42 Å². The van der Waals surface area contributed by atoms with Crippen molar-refractivity contribution < 1.29 is 19.4 Å². The van der Waals surface area contributed by atoms with Crippen molar-refractivity contribution in [2.75, 3.05) is 6.61 Å². The summed E-state index contributed by atoms with van der Waals surface area (Å²) in [5, 5.41) is 11.7. The summed E-state index contributed by atoms with van der Waals surface area (Å²) in [5.41, 5.74) is -0.0539. The standard InChI is InChI=1S/C14H25NO4/c1-5-19-11-8-10(14(11,3)4)15-12(16)6-9(2)7-13(17)18/h9-11H,5-8H2,1-4H3,(H,15,16)(H,17,18). The van der Waals surface area contributed by atoms with Crippen LogP contribution in [-0.4, -0.2) is 35.7 Å². The summed E-state index contributed by atoms with van der Waals surface area (Å²) in [6, 6.07) is 0.119. The topological polar surface area (TPSA) is 75.6 Å². The number of carbonyl (C=O) groups is 2. The van der Waals surface area contributed by atoms with Crippen molar-refractivity contribution in [1.82, 2.24) is 5.32 Å². The van der Waals surface area contributed by atoms with Gasteiger partial charge >= 0.3 is 5.97 Å². The summed E-state index contributed by atoms with van der Waals surface area (Å²) in [6.07, 6.45) is 1.32. The Morgan fingerprint density at radius 1 is 1.42 bits per heavy atom. The molecule has 0 heterocycles. The molecule has 1 saturated carbocycles. The van der Waals surface area contributed by atoms with Crippen molar-refractivity contribution in [2.24, 2.45) is 11.3 Å². The fraction of sp³-hybridized carbons (Fsp3) is 0.857. The minimum absolute atomic E-state index is 0.0308. The lowest BCUT2D eigenvalue weighted by molar-refractivity contribution is -0.139. The third-order valence-corrected chi connectivity index (χ3v) is 3.94. The zero-order valence-electron chi connectivity index (χ0n) is 12.2. The van der Waals surface area contributed by atoms with Crippen LogP contribution in [0.5, 0.6) is 0 Å². The van der Waals surface area contributed by atoms with Crippen molar-refractivity contribution in [3.8, 4) is 0 Å². The molecule has 0 bridgehead atoms. The Balaban J connectivity index is 2.36. The molecule has 0 aromatic carbocycles. The minimum atomic E-state index is -0.860. The molecule has 1 aliphatic rings. The van der Waals surface area contributed by atoms with Gasteiger partial charge in [-0.25, -0.2) is 0 Å². The average Bonchev–Trinajstić information content (AvgIpc) is 2.26. The average molecular weight is 271 g/mol. The second-order valence-corrected chi connectivity index (χ2v) is 6.03. The molecule has 3 atom stereocenters. The molecule has 2 N–H and O–H groups in total. The molecule has 0 aromatic rings. The fourth-order valence-electron chi connectivity index (χ4n) is 2.55.